The number of hydrogen-bond acceptors (Lipinski definition) is 4. The van der Waals surface area contributed by atoms with Gasteiger partial charge in [0.05, 0.1) is 14.2 Å². The Morgan fingerprint density at radius 2 is 1.86 bits per heavy atom. The highest BCUT2D eigenvalue weighted by molar-refractivity contribution is 5.73. The van der Waals surface area contributed by atoms with Crippen LogP contribution in [0.3, 0.4) is 0 Å². The molecule has 0 saturated heterocycles. The van der Waals surface area contributed by atoms with Crippen molar-refractivity contribution in [2.75, 3.05) is 27.3 Å². The number of nitrogens with zero attached hydrogens (tertiary/aromatic N) is 1. The van der Waals surface area contributed by atoms with Crippen LogP contribution < -0.4 is 15.2 Å². The molecule has 0 spiro atoms. The van der Waals surface area contributed by atoms with E-state index in [9.17, 15) is 4.79 Å². The molecule has 2 N–H and O–H groups in total. The number of unbranched alkanes of at least 4 members (excludes halogenated alkanes) is 1. The lowest BCUT2D eigenvalue weighted by molar-refractivity contribution is -0.118. The second-order valence-corrected chi connectivity index (χ2v) is 5.43. The molecule has 1 heterocycles. The van der Waals surface area contributed by atoms with Crippen LogP contribution >= 0.6 is 0 Å². The second kappa shape index (κ2) is 7.31. The van der Waals surface area contributed by atoms with Crippen LogP contribution in [0.1, 0.15) is 30.4 Å². The van der Waals surface area contributed by atoms with Gasteiger partial charge in [-0.05, 0) is 49.1 Å². The summed E-state index contributed by atoms with van der Waals surface area (Å²) in [6, 6.07) is 4.16. The number of methoxy groups -OCH3 is 2. The summed E-state index contributed by atoms with van der Waals surface area (Å²) in [7, 11) is 3.33. The summed E-state index contributed by atoms with van der Waals surface area (Å²) in [5, 5.41) is 0. The molecule has 5 heteroatoms. The van der Waals surface area contributed by atoms with E-state index in [1.54, 1.807) is 14.2 Å². The highest BCUT2D eigenvalue weighted by Gasteiger charge is 2.19. The van der Waals surface area contributed by atoms with Crippen LogP contribution in [-0.2, 0) is 17.8 Å². The zero-order chi connectivity index (χ0) is 15.2. The molecule has 0 unspecified atom stereocenters. The Balaban J connectivity index is 1.95. The number of primary amides is 1. The number of hydrogen-bond donors (Lipinski definition) is 1. The number of fused-ring (bicyclic) bond motifs is 1. The zero-order valence-electron chi connectivity index (χ0n) is 12.9. The third-order valence-corrected chi connectivity index (χ3v) is 3.94. The Kier molecular flexibility index (Phi) is 5.44. The second-order valence-electron chi connectivity index (χ2n) is 5.43. The van der Waals surface area contributed by atoms with E-state index in [-0.39, 0.29) is 5.91 Å². The molecule has 0 bridgehead atoms. The Labute approximate surface area is 126 Å². The zero-order valence-corrected chi connectivity index (χ0v) is 12.9. The monoisotopic (exact) mass is 292 g/mol. The molecule has 0 aromatic heterocycles. The van der Waals surface area contributed by atoms with Gasteiger partial charge < -0.3 is 15.2 Å². The predicted molar refractivity (Wildman–Crippen MR) is 81.6 cm³/mol. The van der Waals surface area contributed by atoms with Crippen LogP contribution in [0.4, 0.5) is 0 Å². The molecule has 0 saturated carbocycles. The fourth-order valence-electron chi connectivity index (χ4n) is 2.77. The van der Waals surface area contributed by atoms with Crippen LogP contribution in [0.5, 0.6) is 11.5 Å². The summed E-state index contributed by atoms with van der Waals surface area (Å²) in [5.74, 6) is 1.37. The number of rotatable bonds is 7. The van der Waals surface area contributed by atoms with Crippen molar-refractivity contribution >= 4 is 5.91 Å². The third kappa shape index (κ3) is 4.11. The van der Waals surface area contributed by atoms with Crippen LogP contribution in [0.25, 0.3) is 0 Å². The Hall–Kier alpha value is -1.75. The molecule has 0 aliphatic carbocycles. The molecule has 21 heavy (non-hydrogen) atoms. The SMILES string of the molecule is COc1cc2c(cc1OC)CN(CCCCC(N)=O)CC2. The van der Waals surface area contributed by atoms with E-state index in [1.165, 1.54) is 11.1 Å². The lowest BCUT2D eigenvalue weighted by Crippen LogP contribution is -2.31. The molecule has 5 nitrogen and oxygen atoms in total. The average molecular weight is 292 g/mol. The average Bonchev–Trinajstić information content (AvgIpc) is 2.49. The van der Waals surface area contributed by atoms with Gasteiger partial charge in [-0.3, -0.25) is 9.69 Å². The van der Waals surface area contributed by atoms with Gasteiger partial charge >= 0.3 is 0 Å². The summed E-state index contributed by atoms with van der Waals surface area (Å²) in [4.78, 5) is 13.1. The van der Waals surface area contributed by atoms with Gasteiger partial charge in [-0.1, -0.05) is 0 Å². The summed E-state index contributed by atoms with van der Waals surface area (Å²) >= 11 is 0. The number of benzene rings is 1. The maximum Gasteiger partial charge on any atom is 0.217 e. The van der Waals surface area contributed by atoms with Gasteiger partial charge in [0.1, 0.15) is 0 Å². The first-order valence-electron chi connectivity index (χ1n) is 7.38. The van der Waals surface area contributed by atoms with Gasteiger partial charge in [0, 0.05) is 19.5 Å². The van der Waals surface area contributed by atoms with Crippen LogP contribution in [0.15, 0.2) is 12.1 Å². The first-order valence-corrected chi connectivity index (χ1v) is 7.38. The van der Waals surface area contributed by atoms with Crippen molar-refractivity contribution in [3.63, 3.8) is 0 Å². The lowest BCUT2D eigenvalue weighted by atomic mass is 9.98. The number of carbonyl (C=O) groups excluding carboxylic acids is 1. The van der Waals surface area contributed by atoms with E-state index in [2.05, 4.69) is 17.0 Å². The van der Waals surface area contributed by atoms with E-state index in [0.717, 1.165) is 50.4 Å². The minimum atomic E-state index is -0.212. The van der Waals surface area contributed by atoms with Gasteiger partial charge in [0.15, 0.2) is 11.5 Å². The smallest absolute Gasteiger partial charge is 0.217 e. The first kappa shape index (κ1) is 15.6. The molecule has 1 amide bonds. The third-order valence-electron chi connectivity index (χ3n) is 3.94. The lowest BCUT2D eigenvalue weighted by Gasteiger charge is -2.29. The quantitative estimate of drug-likeness (QED) is 0.777. The minimum Gasteiger partial charge on any atom is -0.493 e. The van der Waals surface area contributed by atoms with Crippen molar-refractivity contribution in [3.8, 4) is 11.5 Å². The van der Waals surface area contributed by atoms with Gasteiger partial charge in [0.2, 0.25) is 5.91 Å². The molecule has 1 aromatic carbocycles. The maximum atomic E-state index is 10.7. The van der Waals surface area contributed by atoms with Crippen LogP contribution in [0, 0.1) is 0 Å². The molecule has 0 radical (unpaired) electrons. The molecule has 2 rings (SSSR count). The molecule has 1 aliphatic heterocycles. The standard InChI is InChI=1S/C16H24N2O3/c1-20-14-9-12-6-8-18(7-4-3-5-16(17)19)11-13(12)10-15(14)21-2/h9-10H,3-8,11H2,1-2H3,(H2,17,19). The molecule has 0 atom stereocenters. The number of carbonyl (C=O) groups is 1. The Morgan fingerprint density at radius 3 is 2.48 bits per heavy atom. The number of amides is 1. The summed E-state index contributed by atoms with van der Waals surface area (Å²) in [6.45, 7) is 2.96. The molecule has 1 aliphatic rings. The Bertz CT molecular complexity index is 503. The molecule has 1 aromatic rings. The molecule has 116 valence electrons. The van der Waals surface area contributed by atoms with E-state index >= 15 is 0 Å². The van der Waals surface area contributed by atoms with Gasteiger partial charge in [-0.25, -0.2) is 0 Å². The fourth-order valence-corrected chi connectivity index (χ4v) is 2.77. The normalized spacial score (nSPS) is 14.6. The number of nitrogens with two attached hydrogens (primary N) is 1. The van der Waals surface area contributed by atoms with Crippen molar-refractivity contribution in [3.05, 3.63) is 23.3 Å². The topological polar surface area (TPSA) is 64.8 Å². The van der Waals surface area contributed by atoms with Crippen LogP contribution in [-0.4, -0.2) is 38.1 Å². The van der Waals surface area contributed by atoms with E-state index in [4.69, 9.17) is 15.2 Å². The summed E-state index contributed by atoms with van der Waals surface area (Å²) in [6.07, 6.45) is 3.37. The van der Waals surface area contributed by atoms with E-state index in [1.807, 2.05) is 0 Å². The van der Waals surface area contributed by atoms with Crippen molar-refractivity contribution in [2.24, 2.45) is 5.73 Å². The summed E-state index contributed by atoms with van der Waals surface area (Å²) in [5.41, 5.74) is 7.79. The number of ether oxygens (including phenoxy) is 2. The van der Waals surface area contributed by atoms with Gasteiger partial charge in [-0.2, -0.15) is 0 Å². The highest BCUT2D eigenvalue weighted by Crippen LogP contribution is 2.33. The minimum absolute atomic E-state index is 0.212. The Morgan fingerprint density at radius 1 is 1.19 bits per heavy atom. The van der Waals surface area contributed by atoms with Crippen molar-refractivity contribution < 1.29 is 14.3 Å². The van der Waals surface area contributed by atoms with Crippen molar-refractivity contribution in [1.29, 1.82) is 0 Å². The van der Waals surface area contributed by atoms with Gasteiger partial charge in [0.25, 0.3) is 0 Å². The summed E-state index contributed by atoms with van der Waals surface area (Å²) < 4.78 is 10.7. The predicted octanol–water partition coefficient (Wildman–Crippen LogP) is 1.72. The molecular weight excluding hydrogens is 268 g/mol. The highest BCUT2D eigenvalue weighted by atomic mass is 16.5. The van der Waals surface area contributed by atoms with Gasteiger partial charge in [-0.15, -0.1) is 0 Å². The molecule has 0 fully saturated rings. The van der Waals surface area contributed by atoms with Crippen LogP contribution in [0.2, 0.25) is 0 Å². The van der Waals surface area contributed by atoms with E-state index in [0.29, 0.717) is 6.42 Å². The largest absolute Gasteiger partial charge is 0.493 e. The maximum absolute atomic E-state index is 10.7. The fraction of sp³-hybridized carbons (Fsp3) is 0.562. The first-order chi connectivity index (χ1) is 10.1. The van der Waals surface area contributed by atoms with Crippen molar-refractivity contribution in [1.82, 2.24) is 4.90 Å². The van der Waals surface area contributed by atoms with Crippen molar-refractivity contribution in [2.45, 2.75) is 32.2 Å². The van der Waals surface area contributed by atoms with E-state index < -0.39 is 0 Å². The molecular formula is C16H24N2O3.